The Bertz CT molecular complexity index is 1060. The molecule has 8 heteroatoms. The van der Waals surface area contributed by atoms with Crippen molar-refractivity contribution in [3.63, 3.8) is 0 Å². The third-order valence-corrected chi connectivity index (χ3v) is 6.23. The summed E-state index contributed by atoms with van der Waals surface area (Å²) in [6, 6.07) is 6.53. The number of aryl methyl sites for hydroxylation is 1. The van der Waals surface area contributed by atoms with Crippen molar-refractivity contribution in [2.24, 2.45) is 0 Å². The molecule has 0 bridgehead atoms. The number of hydrogen-bond acceptors (Lipinski definition) is 5. The summed E-state index contributed by atoms with van der Waals surface area (Å²) in [5.41, 5.74) is 1.71. The SMILES string of the molecule is Cc1nc(C(=O)N2CCC3(C2)Cn2c(-c4cccc(F)c4)cnc2CO3)cs1. The van der Waals surface area contributed by atoms with Crippen LogP contribution >= 0.6 is 11.3 Å². The van der Waals surface area contributed by atoms with Gasteiger partial charge < -0.3 is 14.2 Å². The summed E-state index contributed by atoms with van der Waals surface area (Å²) in [6.45, 7) is 4.02. The summed E-state index contributed by atoms with van der Waals surface area (Å²) in [4.78, 5) is 23.3. The molecule has 2 aromatic heterocycles. The molecule has 3 aromatic rings. The lowest BCUT2D eigenvalue weighted by Crippen LogP contribution is -2.45. The van der Waals surface area contributed by atoms with Crippen molar-refractivity contribution in [3.8, 4) is 11.3 Å². The molecular weight excluding hydrogens is 379 g/mol. The number of likely N-dealkylation sites (tertiary alicyclic amines) is 1. The molecule has 1 atom stereocenters. The summed E-state index contributed by atoms with van der Waals surface area (Å²) in [6.07, 6.45) is 2.52. The van der Waals surface area contributed by atoms with Gasteiger partial charge in [0.2, 0.25) is 0 Å². The molecule has 0 aliphatic carbocycles. The molecule has 1 unspecified atom stereocenters. The molecule has 1 saturated heterocycles. The van der Waals surface area contributed by atoms with E-state index in [1.54, 1.807) is 17.6 Å². The van der Waals surface area contributed by atoms with E-state index in [2.05, 4.69) is 14.5 Å². The van der Waals surface area contributed by atoms with Gasteiger partial charge >= 0.3 is 0 Å². The Hall–Kier alpha value is -2.58. The molecule has 6 nitrogen and oxygen atoms in total. The first-order valence-electron chi connectivity index (χ1n) is 9.19. The molecule has 1 spiro atoms. The number of benzene rings is 1. The van der Waals surface area contributed by atoms with Crippen LogP contribution in [0.15, 0.2) is 35.8 Å². The highest BCUT2D eigenvalue weighted by Gasteiger charge is 2.45. The summed E-state index contributed by atoms with van der Waals surface area (Å²) < 4.78 is 22.0. The van der Waals surface area contributed by atoms with Crippen molar-refractivity contribution in [3.05, 3.63) is 58.2 Å². The van der Waals surface area contributed by atoms with Gasteiger partial charge in [-0.15, -0.1) is 11.3 Å². The summed E-state index contributed by atoms with van der Waals surface area (Å²) in [7, 11) is 0. The fourth-order valence-corrected chi connectivity index (χ4v) is 4.61. The van der Waals surface area contributed by atoms with E-state index in [-0.39, 0.29) is 11.7 Å². The Morgan fingerprint density at radius 2 is 2.25 bits per heavy atom. The van der Waals surface area contributed by atoms with Crippen LogP contribution in [0.25, 0.3) is 11.3 Å². The highest BCUT2D eigenvalue weighted by atomic mass is 32.1. The summed E-state index contributed by atoms with van der Waals surface area (Å²) in [5, 5.41) is 2.69. The summed E-state index contributed by atoms with van der Waals surface area (Å²) >= 11 is 1.48. The van der Waals surface area contributed by atoms with E-state index in [1.807, 2.05) is 17.9 Å². The molecule has 2 aliphatic heterocycles. The molecular formula is C20H19FN4O2S. The van der Waals surface area contributed by atoms with Crippen LogP contribution in [0.1, 0.15) is 27.7 Å². The highest BCUT2D eigenvalue weighted by Crippen LogP contribution is 2.35. The molecule has 1 amide bonds. The largest absolute Gasteiger partial charge is 0.363 e. The zero-order valence-electron chi connectivity index (χ0n) is 15.4. The third-order valence-electron chi connectivity index (χ3n) is 5.45. The van der Waals surface area contributed by atoms with Crippen LogP contribution in [-0.2, 0) is 17.9 Å². The van der Waals surface area contributed by atoms with Gasteiger partial charge in [-0.25, -0.2) is 14.4 Å². The molecule has 144 valence electrons. The first kappa shape index (κ1) is 17.5. The van der Waals surface area contributed by atoms with Gasteiger partial charge in [0.05, 0.1) is 30.0 Å². The third kappa shape index (κ3) is 2.93. The number of amides is 1. The molecule has 1 aromatic carbocycles. The monoisotopic (exact) mass is 398 g/mol. The quantitative estimate of drug-likeness (QED) is 0.665. The number of hydrogen-bond donors (Lipinski definition) is 0. The summed E-state index contributed by atoms with van der Waals surface area (Å²) in [5.74, 6) is 0.502. The number of halogens is 1. The Balaban J connectivity index is 1.40. The van der Waals surface area contributed by atoms with Crippen LogP contribution in [0, 0.1) is 12.7 Å². The van der Waals surface area contributed by atoms with Crippen LogP contribution < -0.4 is 0 Å². The fraction of sp³-hybridized carbons (Fsp3) is 0.350. The maximum Gasteiger partial charge on any atom is 0.273 e. The van der Waals surface area contributed by atoms with E-state index in [1.165, 1.54) is 23.5 Å². The Morgan fingerprint density at radius 3 is 3.04 bits per heavy atom. The number of aromatic nitrogens is 3. The number of carbonyl (C=O) groups is 1. The number of fused-ring (bicyclic) bond motifs is 1. The maximum atomic E-state index is 13.7. The second kappa shape index (κ2) is 6.49. The predicted molar refractivity (Wildman–Crippen MR) is 103 cm³/mol. The minimum atomic E-state index is -0.448. The van der Waals surface area contributed by atoms with Crippen molar-refractivity contribution in [1.29, 1.82) is 0 Å². The van der Waals surface area contributed by atoms with Crippen LogP contribution in [0.3, 0.4) is 0 Å². The van der Waals surface area contributed by atoms with E-state index >= 15 is 0 Å². The van der Waals surface area contributed by atoms with Crippen molar-refractivity contribution >= 4 is 17.2 Å². The normalized spacial score (nSPS) is 21.3. The fourth-order valence-electron chi connectivity index (χ4n) is 4.02. The Labute approximate surface area is 165 Å². The van der Waals surface area contributed by atoms with Crippen molar-refractivity contribution in [1.82, 2.24) is 19.4 Å². The van der Waals surface area contributed by atoms with E-state index < -0.39 is 5.60 Å². The van der Waals surface area contributed by atoms with Gasteiger partial charge in [-0.1, -0.05) is 12.1 Å². The van der Waals surface area contributed by atoms with Gasteiger partial charge in [0, 0.05) is 17.5 Å². The van der Waals surface area contributed by atoms with Gasteiger partial charge in [0.15, 0.2) is 0 Å². The molecule has 2 aliphatic rings. The van der Waals surface area contributed by atoms with Crippen LogP contribution in [0.2, 0.25) is 0 Å². The van der Waals surface area contributed by atoms with Crippen molar-refractivity contribution in [2.45, 2.75) is 32.1 Å². The van der Waals surface area contributed by atoms with E-state index in [0.717, 1.165) is 28.5 Å². The lowest BCUT2D eigenvalue weighted by Gasteiger charge is -2.35. The molecule has 4 heterocycles. The second-order valence-corrected chi connectivity index (χ2v) is 8.42. The first-order chi connectivity index (χ1) is 13.5. The molecule has 5 rings (SSSR count). The number of carbonyl (C=O) groups excluding carboxylic acids is 1. The lowest BCUT2D eigenvalue weighted by molar-refractivity contribution is -0.0804. The number of nitrogens with zero attached hydrogens (tertiary/aromatic N) is 4. The van der Waals surface area contributed by atoms with Crippen LogP contribution in [0.5, 0.6) is 0 Å². The average Bonchev–Trinajstić information content (AvgIpc) is 3.40. The number of imidazole rings is 1. The maximum absolute atomic E-state index is 13.7. The minimum Gasteiger partial charge on any atom is -0.363 e. The predicted octanol–water partition coefficient (Wildman–Crippen LogP) is 3.27. The van der Waals surface area contributed by atoms with Gasteiger partial charge in [-0.05, 0) is 25.5 Å². The molecule has 0 saturated carbocycles. The zero-order valence-corrected chi connectivity index (χ0v) is 16.2. The number of rotatable bonds is 2. The topological polar surface area (TPSA) is 60.2 Å². The highest BCUT2D eigenvalue weighted by molar-refractivity contribution is 7.09. The van der Waals surface area contributed by atoms with E-state index in [9.17, 15) is 9.18 Å². The smallest absolute Gasteiger partial charge is 0.273 e. The van der Waals surface area contributed by atoms with Crippen LogP contribution in [0.4, 0.5) is 4.39 Å². The average molecular weight is 398 g/mol. The second-order valence-electron chi connectivity index (χ2n) is 7.36. The standard InChI is InChI=1S/C20H19FN4O2S/c1-13-23-16(10-28-13)19(26)24-6-5-20(11-24)12-25-17(8-22-18(25)9-27-20)14-3-2-4-15(21)7-14/h2-4,7-8,10H,5-6,9,11-12H2,1H3. The van der Waals surface area contributed by atoms with Gasteiger partial charge in [0.25, 0.3) is 5.91 Å². The number of thiazole rings is 1. The molecule has 0 radical (unpaired) electrons. The van der Waals surface area contributed by atoms with Gasteiger partial charge in [-0.2, -0.15) is 0 Å². The first-order valence-corrected chi connectivity index (χ1v) is 10.1. The van der Waals surface area contributed by atoms with E-state index in [0.29, 0.717) is 31.9 Å². The Morgan fingerprint density at radius 1 is 1.36 bits per heavy atom. The lowest BCUT2D eigenvalue weighted by atomic mass is 10.0. The molecule has 0 N–H and O–H groups in total. The van der Waals surface area contributed by atoms with Crippen molar-refractivity contribution < 1.29 is 13.9 Å². The van der Waals surface area contributed by atoms with E-state index in [4.69, 9.17) is 4.74 Å². The van der Waals surface area contributed by atoms with Gasteiger partial charge in [-0.3, -0.25) is 4.79 Å². The van der Waals surface area contributed by atoms with Crippen molar-refractivity contribution in [2.75, 3.05) is 13.1 Å². The number of ether oxygens (including phenoxy) is 1. The Kier molecular flexibility index (Phi) is 4.06. The minimum absolute atomic E-state index is 0.0494. The zero-order chi connectivity index (χ0) is 19.3. The molecule has 28 heavy (non-hydrogen) atoms. The van der Waals surface area contributed by atoms with Gasteiger partial charge in [0.1, 0.15) is 29.5 Å². The molecule has 1 fully saturated rings. The van der Waals surface area contributed by atoms with Crippen LogP contribution in [-0.4, -0.2) is 44.0 Å².